The zero-order valence-corrected chi connectivity index (χ0v) is 12.8. The molecule has 0 atom stereocenters. The van der Waals surface area contributed by atoms with Crippen molar-refractivity contribution >= 4 is 11.6 Å². The van der Waals surface area contributed by atoms with Crippen LogP contribution in [-0.2, 0) is 12.8 Å². The summed E-state index contributed by atoms with van der Waals surface area (Å²) in [4.78, 5) is 12.8. The molecule has 7 heteroatoms. The van der Waals surface area contributed by atoms with E-state index in [0.717, 1.165) is 36.6 Å². The number of aryl methyl sites for hydroxylation is 1. The summed E-state index contributed by atoms with van der Waals surface area (Å²) in [6.45, 7) is 7.64. The monoisotopic (exact) mass is 290 g/mol. The topological polar surface area (TPSA) is 88.8 Å². The number of nitrogens with zero attached hydrogens (tertiary/aromatic N) is 4. The van der Waals surface area contributed by atoms with Crippen LogP contribution in [0.1, 0.15) is 37.5 Å². The second kappa shape index (κ2) is 7.56. The number of aromatic nitrogens is 4. The highest BCUT2D eigenvalue weighted by Gasteiger charge is 2.09. The van der Waals surface area contributed by atoms with Gasteiger partial charge in [0, 0.05) is 25.1 Å². The summed E-state index contributed by atoms with van der Waals surface area (Å²) < 4.78 is 5.09. The fourth-order valence-electron chi connectivity index (χ4n) is 2.02. The van der Waals surface area contributed by atoms with Crippen molar-refractivity contribution in [1.29, 1.82) is 0 Å². The maximum atomic E-state index is 5.09. The van der Waals surface area contributed by atoms with Gasteiger partial charge in [-0.3, -0.25) is 0 Å². The molecule has 0 saturated heterocycles. The molecule has 7 nitrogen and oxygen atoms in total. The van der Waals surface area contributed by atoms with Gasteiger partial charge in [-0.1, -0.05) is 19.0 Å². The second-order valence-corrected chi connectivity index (χ2v) is 4.74. The molecule has 0 aliphatic rings. The van der Waals surface area contributed by atoms with E-state index in [2.05, 4.69) is 44.6 Å². The van der Waals surface area contributed by atoms with Gasteiger partial charge >= 0.3 is 0 Å². The van der Waals surface area contributed by atoms with Crippen LogP contribution in [0.5, 0.6) is 0 Å². The van der Waals surface area contributed by atoms with E-state index in [0.29, 0.717) is 24.7 Å². The fourth-order valence-corrected chi connectivity index (χ4v) is 2.02. The molecule has 0 saturated carbocycles. The first-order chi connectivity index (χ1) is 10.2. The van der Waals surface area contributed by atoms with Crippen LogP contribution in [0.2, 0.25) is 0 Å². The molecule has 2 aromatic rings. The summed E-state index contributed by atoms with van der Waals surface area (Å²) in [7, 11) is 0. The summed E-state index contributed by atoms with van der Waals surface area (Å²) in [6, 6.07) is 0. The smallest absolute Gasteiger partial charge is 0.228 e. The van der Waals surface area contributed by atoms with Crippen LogP contribution in [0.4, 0.5) is 11.6 Å². The SMILES string of the molecule is CCCNc1ncnc(NCCc2nc(C)no2)c1CC. The Hall–Kier alpha value is -2.18. The van der Waals surface area contributed by atoms with Crippen molar-refractivity contribution in [2.45, 2.75) is 40.0 Å². The molecular formula is C14H22N6O. The predicted octanol–water partition coefficient (Wildman–Crippen LogP) is 2.21. The van der Waals surface area contributed by atoms with Crippen LogP contribution >= 0.6 is 0 Å². The Morgan fingerprint density at radius 1 is 1.10 bits per heavy atom. The summed E-state index contributed by atoms with van der Waals surface area (Å²) >= 11 is 0. The van der Waals surface area contributed by atoms with E-state index in [1.807, 2.05) is 6.92 Å². The first-order valence-corrected chi connectivity index (χ1v) is 7.35. The average Bonchev–Trinajstić information content (AvgIpc) is 2.90. The minimum Gasteiger partial charge on any atom is -0.370 e. The van der Waals surface area contributed by atoms with E-state index < -0.39 is 0 Å². The third-order valence-corrected chi connectivity index (χ3v) is 3.04. The molecule has 0 radical (unpaired) electrons. The molecule has 0 aliphatic heterocycles. The third kappa shape index (κ3) is 4.14. The minimum atomic E-state index is 0.636. The molecule has 0 bridgehead atoms. The van der Waals surface area contributed by atoms with E-state index in [4.69, 9.17) is 4.52 Å². The molecule has 2 heterocycles. The summed E-state index contributed by atoms with van der Waals surface area (Å²) in [5.41, 5.74) is 1.10. The highest BCUT2D eigenvalue weighted by atomic mass is 16.5. The summed E-state index contributed by atoms with van der Waals surface area (Å²) in [6.07, 6.45) is 4.18. The number of nitrogens with one attached hydrogen (secondary N) is 2. The van der Waals surface area contributed by atoms with Crippen LogP contribution in [0.25, 0.3) is 0 Å². The standard InChI is InChI=1S/C14H22N6O/c1-4-7-15-13-11(5-2)14(18-9-17-13)16-8-6-12-19-10(3)20-21-12/h9H,4-8H2,1-3H3,(H2,15,16,17,18). The van der Waals surface area contributed by atoms with Gasteiger partial charge in [-0.25, -0.2) is 9.97 Å². The maximum Gasteiger partial charge on any atom is 0.228 e. The Kier molecular flexibility index (Phi) is 5.48. The molecule has 0 aliphatic carbocycles. The van der Waals surface area contributed by atoms with E-state index in [9.17, 15) is 0 Å². The van der Waals surface area contributed by atoms with Crippen LogP contribution < -0.4 is 10.6 Å². The van der Waals surface area contributed by atoms with Gasteiger partial charge in [0.1, 0.15) is 18.0 Å². The number of rotatable bonds is 8. The van der Waals surface area contributed by atoms with Gasteiger partial charge in [0.15, 0.2) is 5.82 Å². The van der Waals surface area contributed by atoms with E-state index >= 15 is 0 Å². The molecule has 2 aromatic heterocycles. The fraction of sp³-hybridized carbons (Fsp3) is 0.571. The molecular weight excluding hydrogens is 268 g/mol. The number of anilines is 2. The van der Waals surface area contributed by atoms with E-state index in [-0.39, 0.29) is 0 Å². The lowest BCUT2D eigenvalue weighted by molar-refractivity contribution is 0.377. The van der Waals surface area contributed by atoms with Crippen molar-refractivity contribution in [3.8, 4) is 0 Å². The zero-order chi connectivity index (χ0) is 15.1. The van der Waals surface area contributed by atoms with Crippen molar-refractivity contribution in [2.75, 3.05) is 23.7 Å². The van der Waals surface area contributed by atoms with Gasteiger partial charge in [-0.2, -0.15) is 4.98 Å². The van der Waals surface area contributed by atoms with Crippen LogP contribution in [0, 0.1) is 6.92 Å². The Morgan fingerprint density at radius 3 is 2.38 bits per heavy atom. The Bertz CT molecular complexity index is 568. The summed E-state index contributed by atoms with van der Waals surface area (Å²) in [5.74, 6) is 3.07. The Morgan fingerprint density at radius 2 is 1.81 bits per heavy atom. The van der Waals surface area contributed by atoms with Gasteiger partial charge < -0.3 is 15.2 Å². The van der Waals surface area contributed by atoms with Gasteiger partial charge in [-0.15, -0.1) is 0 Å². The molecule has 21 heavy (non-hydrogen) atoms. The first kappa shape index (κ1) is 15.2. The van der Waals surface area contributed by atoms with Crippen LogP contribution in [0.3, 0.4) is 0 Å². The second-order valence-electron chi connectivity index (χ2n) is 4.74. The van der Waals surface area contributed by atoms with Crippen LogP contribution in [0.15, 0.2) is 10.9 Å². The lowest BCUT2D eigenvalue weighted by atomic mass is 10.2. The maximum absolute atomic E-state index is 5.09. The lowest BCUT2D eigenvalue weighted by Crippen LogP contribution is -2.12. The van der Waals surface area contributed by atoms with Gasteiger partial charge in [-0.05, 0) is 19.8 Å². The predicted molar refractivity (Wildman–Crippen MR) is 81.4 cm³/mol. The Labute approximate surface area is 124 Å². The van der Waals surface area contributed by atoms with E-state index in [1.165, 1.54) is 0 Å². The molecule has 0 spiro atoms. The third-order valence-electron chi connectivity index (χ3n) is 3.04. The quantitative estimate of drug-likeness (QED) is 0.770. The highest BCUT2D eigenvalue weighted by molar-refractivity contribution is 5.57. The van der Waals surface area contributed by atoms with Crippen molar-refractivity contribution in [2.24, 2.45) is 0 Å². The normalized spacial score (nSPS) is 10.6. The van der Waals surface area contributed by atoms with Crippen molar-refractivity contribution < 1.29 is 4.52 Å². The van der Waals surface area contributed by atoms with Gasteiger partial charge in [0.2, 0.25) is 5.89 Å². The number of hydrogen-bond donors (Lipinski definition) is 2. The lowest BCUT2D eigenvalue weighted by Gasteiger charge is -2.13. The van der Waals surface area contributed by atoms with E-state index in [1.54, 1.807) is 6.33 Å². The number of hydrogen-bond acceptors (Lipinski definition) is 7. The van der Waals surface area contributed by atoms with Crippen molar-refractivity contribution in [3.63, 3.8) is 0 Å². The molecule has 0 aromatic carbocycles. The van der Waals surface area contributed by atoms with Crippen LogP contribution in [-0.4, -0.2) is 33.2 Å². The largest absolute Gasteiger partial charge is 0.370 e. The molecule has 0 amide bonds. The van der Waals surface area contributed by atoms with Gasteiger partial charge in [0.05, 0.1) is 0 Å². The molecule has 0 unspecified atom stereocenters. The average molecular weight is 290 g/mol. The first-order valence-electron chi connectivity index (χ1n) is 7.35. The molecule has 0 fully saturated rings. The van der Waals surface area contributed by atoms with Crippen molar-refractivity contribution in [1.82, 2.24) is 20.1 Å². The molecule has 2 N–H and O–H groups in total. The van der Waals surface area contributed by atoms with Gasteiger partial charge in [0.25, 0.3) is 0 Å². The zero-order valence-electron chi connectivity index (χ0n) is 12.8. The molecule has 114 valence electrons. The van der Waals surface area contributed by atoms with Crippen molar-refractivity contribution in [3.05, 3.63) is 23.6 Å². The summed E-state index contributed by atoms with van der Waals surface area (Å²) in [5, 5.41) is 10.4. The molecule has 2 rings (SSSR count). The minimum absolute atomic E-state index is 0.636. The Balaban J connectivity index is 1.98. The highest BCUT2D eigenvalue weighted by Crippen LogP contribution is 2.20.